The van der Waals surface area contributed by atoms with Crippen LogP contribution in [0.25, 0.3) is 0 Å². The van der Waals surface area contributed by atoms with Gasteiger partial charge >= 0.3 is 0 Å². The van der Waals surface area contributed by atoms with Gasteiger partial charge in [-0.3, -0.25) is 0 Å². The lowest BCUT2D eigenvalue weighted by Gasteiger charge is -2.16. The predicted molar refractivity (Wildman–Crippen MR) is 75.4 cm³/mol. The van der Waals surface area contributed by atoms with E-state index in [1.165, 1.54) is 0 Å². The topological polar surface area (TPSA) is 72.2 Å². The largest absolute Gasteiger partial charge is 0.496 e. The maximum atomic E-state index is 8.84. The smallest absolute Gasteiger partial charge is 0.123 e. The van der Waals surface area contributed by atoms with Gasteiger partial charge in [0, 0.05) is 24.3 Å². The Hall–Kier alpha value is -1.92. The fourth-order valence-electron chi connectivity index (χ4n) is 2.02. The number of methoxy groups -OCH3 is 1. The van der Waals surface area contributed by atoms with E-state index < -0.39 is 0 Å². The summed E-state index contributed by atoms with van der Waals surface area (Å²) in [6, 6.07) is 8.09. The third-order valence-corrected chi connectivity index (χ3v) is 3.11. The molecule has 6 nitrogen and oxygen atoms in total. The maximum absolute atomic E-state index is 8.84. The zero-order valence-corrected chi connectivity index (χ0v) is 11.8. The van der Waals surface area contributed by atoms with Crippen LogP contribution in [0.3, 0.4) is 0 Å². The second-order valence-electron chi connectivity index (χ2n) is 4.54. The molecule has 2 aromatic rings. The van der Waals surface area contributed by atoms with Gasteiger partial charge in [0.1, 0.15) is 5.75 Å². The average molecular weight is 276 g/mol. The highest BCUT2D eigenvalue weighted by Gasteiger charge is 2.11. The van der Waals surface area contributed by atoms with Gasteiger partial charge in [-0.25, -0.2) is 4.68 Å². The zero-order valence-electron chi connectivity index (χ0n) is 11.8. The number of aromatic nitrogens is 3. The highest BCUT2D eigenvalue weighted by molar-refractivity contribution is 5.35. The van der Waals surface area contributed by atoms with Crippen molar-refractivity contribution in [3.8, 4) is 5.75 Å². The summed E-state index contributed by atoms with van der Waals surface area (Å²) in [5, 5.41) is 20.2. The predicted octanol–water partition coefficient (Wildman–Crippen LogP) is 1.13. The third-order valence-electron chi connectivity index (χ3n) is 3.11. The molecule has 1 aromatic carbocycles. The Morgan fingerprint density at radius 2 is 2.20 bits per heavy atom. The SMILES string of the molecule is COc1ccccc1[C@@H](C)NCc1cn(CCO)nn1. The van der Waals surface area contributed by atoms with E-state index in [1.807, 2.05) is 30.5 Å². The molecule has 0 saturated heterocycles. The Morgan fingerprint density at radius 1 is 1.40 bits per heavy atom. The van der Waals surface area contributed by atoms with E-state index in [1.54, 1.807) is 11.8 Å². The highest BCUT2D eigenvalue weighted by atomic mass is 16.5. The highest BCUT2D eigenvalue weighted by Crippen LogP contribution is 2.24. The number of hydrogen-bond acceptors (Lipinski definition) is 5. The van der Waals surface area contributed by atoms with E-state index in [0.717, 1.165) is 17.0 Å². The monoisotopic (exact) mass is 276 g/mol. The van der Waals surface area contributed by atoms with Crippen LogP contribution in [0.4, 0.5) is 0 Å². The van der Waals surface area contributed by atoms with E-state index in [4.69, 9.17) is 9.84 Å². The number of hydrogen-bond donors (Lipinski definition) is 2. The molecule has 2 N–H and O–H groups in total. The van der Waals surface area contributed by atoms with Crippen LogP contribution < -0.4 is 10.1 Å². The molecule has 108 valence electrons. The maximum Gasteiger partial charge on any atom is 0.123 e. The molecule has 0 radical (unpaired) electrons. The van der Waals surface area contributed by atoms with Crippen LogP contribution in [0.2, 0.25) is 0 Å². The third kappa shape index (κ3) is 3.55. The van der Waals surface area contributed by atoms with E-state index in [2.05, 4.69) is 22.6 Å². The van der Waals surface area contributed by atoms with Crippen LogP contribution in [-0.2, 0) is 13.1 Å². The Bertz CT molecular complexity index is 541. The fraction of sp³-hybridized carbons (Fsp3) is 0.429. The molecule has 2 rings (SSSR count). The quantitative estimate of drug-likeness (QED) is 0.793. The molecule has 0 saturated carbocycles. The molecular formula is C14H20N4O2. The molecule has 0 fully saturated rings. The second-order valence-corrected chi connectivity index (χ2v) is 4.54. The van der Waals surface area contributed by atoms with Crippen LogP contribution in [0, 0.1) is 0 Å². The van der Waals surface area contributed by atoms with Gasteiger partial charge in [-0.1, -0.05) is 23.4 Å². The summed E-state index contributed by atoms with van der Waals surface area (Å²) in [6.07, 6.45) is 1.83. The van der Waals surface area contributed by atoms with Gasteiger partial charge in [0.25, 0.3) is 0 Å². The molecule has 1 atom stereocenters. The minimum absolute atomic E-state index is 0.0633. The van der Waals surface area contributed by atoms with Crippen molar-refractivity contribution in [1.29, 1.82) is 0 Å². The molecule has 1 aromatic heterocycles. The minimum atomic E-state index is 0.0633. The van der Waals surface area contributed by atoms with Crippen molar-refractivity contribution in [2.75, 3.05) is 13.7 Å². The number of benzene rings is 1. The lowest BCUT2D eigenvalue weighted by atomic mass is 10.1. The minimum Gasteiger partial charge on any atom is -0.496 e. The molecule has 6 heteroatoms. The lowest BCUT2D eigenvalue weighted by Crippen LogP contribution is -2.19. The molecule has 0 amide bonds. The summed E-state index contributed by atoms with van der Waals surface area (Å²) < 4.78 is 6.98. The van der Waals surface area contributed by atoms with Gasteiger partial charge < -0.3 is 15.2 Å². The van der Waals surface area contributed by atoms with Crippen molar-refractivity contribution in [3.63, 3.8) is 0 Å². The van der Waals surface area contributed by atoms with Gasteiger partial charge in [-0.05, 0) is 13.0 Å². The van der Waals surface area contributed by atoms with E-state index >= 15 is 0 Å². The number of nitrogens with zero attached hydrogens (tertiary/aromatic N) is 3. The van der Waals surface area contributed by atoms with E-state index in [9.17, 15) is 0 Å². The van der Waals surface area contributed by atoms with Gasteiger partial charge in [-0.2, -0.15) is 0 Å². The number of rotatable bonds is 7. The van der Waals surface area contributed by atoms with Gasteiger partial charge in [0.15, 0.2) is 0 Å². The Kier molecular flexibility index (Phi) is 5.09. The molecular weight excluding hydrogens is 256 g/mol. The second kappa shape index (κ2) is 7.02. The number of aliphatic hydroxyl groups is 1. The number of nitrogens with one attached hydrogen (secondary N) is 1. The first kappa shape index (κ1) is 14.5. The van der Waals surface area contributed by atoms with Gasteiger partial charge in [0.05, 0.1) is 26.0 Å². The normalized spacial score (nSPS) is 12.3. The molecule has 20 heavy (non-hydrogen) atoms. The van der Waals surface area contributed by atoms with Crippen molar-refractivity contribution < 1.29 is 9.84 Å². The lowest BCUT2D eigenvalue weighted by molar-refractivity contribution is 0.268. The van der Waals surface area contributed by atoms with Crippen LogP contribution in [-0.4, -0.2) is 33.8 Å². The first-order valence-electron chi connectivity index (χ1n) is 6.60. The summed E-state index contributed by atoms with van der Waals surface area (Å²) in [7, 11) is 1.67. The summed E-state index contributed by atoms with van der Waals surface area (Å²) in [4.78, 5) is 0. The van der Waals surface area contributed by atoms with Crippen LogP contribution in [0.15, 0.2) is 30.5 Å². The van der Waals surface area contributed by atoms with Gasteiger partial charge in [-0.15, -0.1) is 5.10 Å². The molecule has 0 unspecified atom stereocenters. The first-order chi connectivity index (χ1) is 9.74. The van der Waals surface area contributed by atoms with Crippen LogP contribution >= 0.6 is 0 Å². The van der Waals surface area contributed by atoms with E-state index in [0.29, 0.717) is 13.1 Å². The van der Waals surface area contributed by atoms with Gasteiger partial charge in [0.2, 0.25) is 0 Å². The molecule has 0 spiro atoms. The van der Waals surface area contributed by atoms with Crippen molar-refractivity contribution >= 4 is 0 Å². The zero-order chi connectivity index (χ0) is 14.4. The van der Waals surface area contributed by atoms with E-state index in [-0.39, 0.29) is 12.6 Å². The Balaban J connectivity index is 1.95. The van der Waals surface area contributed by atoms with Crippen LogP contribution in [0.1, 0.15) is 24.2 Å². The summed E-state index contributed by atoms with van der Waals surface area (Å²) in [6.45, 7) is 3.23. The molecule has 0 aliphatic heterocycles. The Labute approximate surface area is 118 Å². The molecule has 0 aliphatic carbocycles. The van der Waals surface area contributed by atoms with Crippen molar-refractivity contribution in [2.24, 2.45) is 0 Å². The summed E-state index contributed by atoms with van der Waals surface area (Å²) in [5.74, 6) is 0.872. The number of ether oxygens (including phenoxy) is 1. The van der Waals surface area contributed by atoms with Crippen LogP contribution in [0.5, 0.6) is 5.75 Å². The average Bonchev–Trinajstić information content (AvgIpc) is 2.93. The summed E-state index contributed by atoms with van der Waals surface area (Å²) >= 11 is 0. The standard InChI is InChI=1S/C14H20N4O2/c1-11(13-5-3-4-6-14(13)20-2)15-9-12-10-18(7-8-19)17-16-12/h3-6,10-11,15,19H,7-9H2,1-2H3/t11-/m1/s1. The summed E-state index contributed by atoms with van der Waals surface area (Å²) in [5.41, 5.74) is 1.96. The molecule has 1 heterocycles. The van der Waals surface area contributed by atoms with Crippen molar-refractivity contribution in [3.05, 3.63) is 41.7 Å². The fourth-order valence-corrected chi connectivity index (χ4v) is 2.02. The van der Waals surface area contributed by atoms with Crippen molar-refractivity contribution in [2.45, 2.75) is 26.1 Å². The Morgan fingerprint density at radius 3 is 2.95 bits per heavy atom. The molecule has 0 aliphatic rings. The van der Waals surface area contributed by atoms with Crippen molar-refractivity contribution in [1.82, 2.24) is 20.3 Å². The number of para-hydroxylation sites is 1. The first-order valence-corrected chi connectivity index (χ1v) is 6.60. The number of aliphatic hydroxyl groups excluding tert-OH is 1. The molecule has 0 bridgehead atoms.